The summed E-state index contributed by atoms with van der Waals surface area (Å²) in [7, 11) is 1.45. The number of esters is 1. The van der Waals surface area contributed by atoms with Gasteiger partial charge in [0, 0.05) is 18.0 Å². The summed E-state index contributed by atoms with van der Waals surface area (Å²) in [5.41, 5.74) is 4.82. The van der Waals surface area contributed by atoms with E-state index in [9.17, 15) is 4.79 Å². The van der Waals surface area contributed by atoms with Crippen molar-refractivity contribution in [2.45, 2.75) is 64.7 Å². The minimum atomic E-state index is -0.129. The fourth-order valence-corrected chi connectivity index (χ4v) is 3.52. The van der Waals surface area contributed by atoms with Gasteiger partial charge in [0.1, 0.15) is 0 Å². The molecule has 26 heavy (non-hydrogen) atoms. The van der Waals surface area contributed by atoms with E-state index in [-0.39, 0.29) is 5.97 Å². The Morgan fingerprint density at radius 2 is 2.08 bits per heavy atom. The molecule has 1 aromatic heterocycles. The van der Waals surface area contributed by atoms with Crippen LogP contribution in [-0.4, -0.2) is 22.9 Å². The van der Waals surface area contributed by atoms with Crippen LogP contribution in [0.4, 0.5) is 0 Å². The van der Waals surface area contributed by atoms with Crippen molar-refractivity contribution in [3.63, 3.8) is 0 Å². The maximum absolute atomic E-state index is 11.3. The van der Waals surface area contributed by atoms with Crippen LogP contribution >= 0.6 is 0 Å². The average Bonchev–Trinajstić information content (AvgIpc) is 3.35. The van der Waals surface area contributed by atoms with E-state index in [0.717, 1.165) is 30.9 Å². The van der Waals surface area contributed by atoms with Crippen molar-refractivity contribution in [1.82, 2.24) is 9.78 Å². The molecule has 3 rings (SSSR count). The number of benzene rings is 1. The van der Waals surface area contributed by atoms with Crippen molar-refractivity contribution >= 4 is 5.97 Å². The minimum absolute atomic E-state index is 0.129. The summed E-state index contributed by atoms with van der Waals surface area (Å²) >= 11 is 0. The number of unbranched alkanes of at least 4 members (excludes halogenated alkanes) is 1. The number of carbonyl (C=O) groups excluding carboxylic acids is 1. The predicted molar refractivity (Wildman–Crippen MR) is 104 cm³/mol. The van der Waals surface area contributed by atoms with E-state index in [2.05, 4.69) is 48.9 Å². The molecule has 1 saturated carbocycles. The molecule has 0 saturated heterocycles. The molecule has 0 spiro atoms. The van der Waals surface area contributed by atoms with Gasteiger partial charge < -0.3 is 4.74 Å². The zero-order valence-corrected chi connectivity index (χ0v) is 16.2. The van der Waals surface area contributed by atoms with Crippen LogP contribution in [0.25, 0.3) is 5.69 Å². The molecule has 1 aromatic carbocycles. The van der Waals surface area contributed by atoms with Crippen LogP contribution in [0.2, 0.25) is 0 Å². The standard InChI is InChI=1S/C22H30N2O2/c1-16-8-4-6-10-21(16)24-19(9-5-7-11-22(25)26-3)15-20(23-24)17(2)14-18-12-13-18/h4,6,8,10,15,17-18H,5,7,9,11-14H2,1-3H3/t17-/m0/s1. The molecule has 140 valence electrons. The highest BCUT2D eigenvalue weighted by Crippen LogP contribution is 2.38. The minimum Gasteiger partial charge on any atom is -0.469 e. The molecule has 1 heterocycles. The molecule has 1 fully saturated rings. The molecule has 1 aliphatic rings. The first kappa shape index (κ1) is 18.7. The van der Waals surface area contributed by atoms with Gasteiger partial charge in [-0.15, -0.1) is 0 Å². The molecule has 0 unspecified atom stereocenters. The lowest BCUT2D eigenvalue weighted by Crippen LogP contribution is -2.06. The molecular formula is C22H30N2O2. The van der Waals surface area contributed by atoms with Gasteiger partial charge in [0.05, 0.1) is 18.5 Å². The first-order valence-electron chi connectivity index (χ1n) is 9.80. The normalized spacial score (nSPS) is 15.0. The van der Waals surface area contributed by atoms with Crippen molar-refractivity contribution in [2.24, 2.45) is 5.92 Å². The lowest BCUT2D eigenvalue weighted by molar-refractivity contribution is -0.140. The largest absolute Gasteiger partial charge is 0.469 e. The third-order valence-electron chi connectivity index (χ3n) is 5.33. The highest BCUT2D eigenvalue weighted by atomic mass is 16.5. The van der Waals surface area contributed by atoms with Crippen molar-refractivity contribution < 1.29 is 9.53 Å². The summed E-state index contributed by atoms with van der Waals surface area (Å²) in [6, 6.07) is 10.7. The van der Waals surface area contributed by atoms with Gasteiger partial charge in [0.2, 0.25) is 0 Å². The maximum atomic E-state index is 11.3. The molecule has 1 aliphatic carbocycles. The Hall–Kier alpha value is -2.10. The van der Waals surface area contributed by atoms with Crippen LogP contribution in [0.1, 0.15) is 68.3 Å². The van der Waals surface area contributed by atoms with Crippen LogP contribution in [-0.2, 0) is 16.0 Å². The molecule has 4 nitrogen and oxygen atoms in total. The molecular weight excluding hydrogens is 324 g/mol. The number of nitrogens with zero attached hydrogens (tertiary/aromatic N) is 2. The first-order valence-corrected chi connectivity index (χ1v) is 9.80. The topological polar surface area (TPSA) is 44.1 Å². The van der Waals surface area contributed by atoms with Crippen LogP contribution in [0.15, 0.2) is 30.3 Å². The van der Waals surface area contributed by atoms with Crippen molar-refractivity contribution in [3.05, 3.63) is 47.3 Å². The maximum Gasteiger partial charge on any atom is 0.305 e. The number of aryl methyl sites for hydroxylation is 2. The predicted octanol–water partition coefficient (Wildman–Crippen LogP) is 4.97. The van der Waals surface area contributed by atoms with Gasteiger partial charge in [-0.25, -0.2) is 4.68 Å². The SMILES string of the molecule is COC(=O)CCCCc1cc([C@@H](C)CC2CC2)nn1-c1ccccc1C. The van der Waals surface area contributed by atoms with Gasteiger partial charge in [-0.05, 0) is 56.2 Å². The van der Waals surface area contributed by atoms with Gasteiger partial charge >= 0.3 is 5.97 Å². The Morgan fingerprint density at radius 1 is 1.31 bits per heavy atom. The van der Waals surface area contributed by atoms with E-state index in [1.165, 1.54) is 43.3 Å². The summed E-state index contributed by atoms with van der Waals surface area (Å²) in [5.74, 6) is 1.27. The number of aromatic nitrogens is 2. The van der Waals surface area contributed by atoms with E-state index < -0.39 is 0 Å². The quantitative estimate of drug-likeness (QED) is 0.472. The zero-order valence-electron chi connectivity index (χ0n) is 16.2. The Bertz CT molecular complexity index is 746. The molecule has 0 N–H and O–H groups in total. The van der Waals surface area contributed by atoms with Crippen molar-refractivity contribution in [2.75, 3.05) is 7.11 Å². The molecule has 2 aromatic rings. The monoisotopic (exact) mass is 354 g/mol. The lowest BCUT2D eigenvalue weighted by atomic mass is 10.0. The number of para-hydroxylation sites is 1. The second-order valence-electron chi connectivity index (χ2n) is 7.62. The average molecular weight is 354 g/mol. The first-order chi connectivity index (χ1) is 12.6. The second kappa shape index (κ2) is 8.52. The summed E-state index contributed by atoms with van der Waals surface area (Å²) in [6.07, 6.45) is 7.22. The van der Waals surface area contributed by atoms with Gasteiger partial charge in [-0.3, -0.25) is 4.79 Å². The van der Waals surface area contributed by atoms with Crippen molar-refractivity contribution in [3.8, 4) is 5.69 Å². The highest BCUT2D eigenvalue weighted by Gasteiger charge is 2.26. The zero-order chi connectivity index (χ0) is 18.5. The summed E-state index contributed by atoms with van der Waals surface area (Å²) in [6.45, 7) is 4.43. The summed E-state index contributed by atoms with van der Waals surface area (Å²) < 4.78 is 6.85. The number of hydrogen-bond donors (Lipinski definition) is 0. The number of rotatable bonds is 9. The van der Waals surface area contributed by atoms with Crippen LogP contribution in [0.3, 0.4) is 0 Å². The third kappa shape index (κ3) is 4.75. The molecule has 0 aliphatic heterocycles. The van der Waals surface area contributed by atoms with E-state index in [4.69, 9.17) is 9.84 Å². The molecule has 1 atom stereocenters. The fraction of sp³-hybridized carbons (Fsp3) is 0.545. The number of ether oxygens (including phenoxy) is 1. The Balaban J connectivity index is 1.77. The molecule has 0 bridgehead atoms. The van der Waals surface area contributed by atoms with Gasteiger partial charge in [-0.2, -0.15) is 5.10 Å². The number of hydrogen-bond acceptors (Lipinski definition) is 3. The molecule has 0 radical (unpaired) electrons. The molecule has 4 heteroatoms. The Labute approximate surface area is 156 Å². The van der Waals surface area contributed by atoms with Crippen LogP contribution in [0, 0.1) is 12.8 Å². The Kier molecular flexibility index (Phi) is 6.12. The van der Waals surface area contributed by atoms with Gasteiger partial charge in [0.15, 0.2) is 0 Å². The van der Waals surface area contributed by atoms with Crippen LogP contribution < -0.4 is 0 Å². The number of methoxy groups -OCH3 is 1. The van der Waals surface area contributed by atoms with E-state index in [1.54, 1.807) is 0 Å². The second-order valence-corrected chi connectivity index (χ2v) is 7.62. The highest BCUT2D eigenvalue weighted by molar-refractivity contribution is 5.68. The smallest absolute Gasteiger partial charge is 0.305 e. The third-order valence-corrected chi connectivity index (χ3v) is 5.33. The van der Waals surface area contributed by atoms with Crippen molar-refractivity contribution in [1.29, 1.82) is 0 Å². The fourth-order valence-electron chi connectivity index (χ4n) is 3.52. The van der Waals surface area contributed by atoms with Crippen LogP contribution in [0.5, 0.6) is 0 Å². The van der Waals surface area contributed by atoms with E-state index in [0.29, 0.717) is 12.3 Å². The summed E-state index contributed by atoms with van der Waals surface area (Å²) in [4.78, 5) is 11.3. The lowest BCUT2D eigenvalue weighted by Gasteiger charge is -2.10. The van der Waals surface area contributed by atoms with E-state index >= 15 is 0 Å². The van der Waals surface area contributed by atoms with Gasteiger partial charge in [0.25, 0.3) is 0 Å². The molecule has 0 amide bonds. The van der Waals surface area contributed by atoms with Gasteiger partial charge in [-0.1, -0.05) is 38.0 Å². The number of carbonyl (C=O) groups is 1. The Morgan fingerprint density at radius 3 is 2.77 bits per heavy atom. The van der Waals surface area contributed by atoms with E-state index in [1.807, 2.05) is 0 Å². The summed E-state index contributed by atoms with van der Waals surface area (Å²) in [5, 5.41) is 4.98.